The number of methoxy groups -OCH3 is 1. The van der Waals surface area contributed by atoms with Crippen LogP contribution in [0.5, 0.6) is 0 Å². The molecule has 8 atom stereocenters. The highest BCUT2D eigenvalue weighted by Crippen LogP contribution is 2.78. The van der Waals surface area contributed by atoms with Gasteiger partial charge in [0.25, 0.3) is 0 Å². The summed E-state index contributed by atoms with van der Waals surface area (Å²) in [4.78, 5) is 55.1. The number of Topliss-reactive ketones (excluding diaryl/α,β-unsaturated/α-hetero) is 2. The molecule has 2 bridgehead atoms. The predicted molar refractivity (Wildman–Crippen MR) is 117 cm³/mol. The van der Waals surface area contributed by atoms with Gasteiger partial charge in [-0.3, -0.25) is 19.2 Å². The number of carbonyl (C=O) groups excluding carboxylic acids is 4. The van der Waals surface area contributed by atoms with E-state index in [9.17, 15) is 24.3 Å². The van der Waals surface area contributed by atoms with Crippen LogP contribution in [0.25, 0.3) is 0 Å². The third kappa shape index (κ3) is 1.94. The fraction of sp³-hybridized carbons (Fsp3) is 0.769. The van der Waals surface area contributed by atoms with E-state index in [0.717, 1.165) is 6.42 Å². The van der Waals surface area contributed by atoms with Crippen molar-refractivity contribution in [1.82, 2.24) is 0 Å². The highest BCUT2D eigenvalue weighted by Gasteiger charge is 2.86. The van der Waals surface area contributed by atoms with Gasteiger partial charge in [-0.05, 0) is 57.8 Å². The first kappa shape index (κ1) is 22.8. The third-order valence-electron chi connectivity index (χ3n) is 11.0. The maximum atomic E-state index is 14.1. The van der Waals surface area contributed by atoms with Gasteiger partial charge in [-0.2, -0.15) is 0 Å². The molecule has 7 heteroatoms. The van der Waals surface area contributed by atoms with E-state index in [1.807, 2.05) is 13.0 Å². The van der Waals surface area contributed by atoms with Gasteiger partial charge in [-0.15, -0.1) is 0 Å². The van der Waals surface area contributed by atoms with E-state index < -0.39 is 50.7 Å². The van der Waals surface area contributed by atoms with E-state index in [2.05, 4.69) is 13.8 Å². The Morgan fingerprint density at radius 1 is 1.06 bits per heavy atom. The van der Waals surface area contributed by atoms with E-state index in [-0.39, 0.29) is 23.4 Å². The van der Waals surface area contributed by atoms with Crippen molar-refractivity contribution in [2.24, 2.45) is 38.9 Å². The fourth-order valence-electron chi connectivity index (χ4n) is 9.31. The minimum Gasteiger partial charge on any atom is -0.468 e. The summed E-state index contributed by atoms with van der Waals surface area (Å²) in [6.07, 6.45) is 4.21. The molecule has 5 fully saturated rings. The zero-order chi connectivity index (χ0) is 24.6. The second-order valence-corrected chi connectivity index (χ2v) is 12.2. The van der Waals surface area contributed by atoms with E-state index in [4.69, 9.17) is 9.47 Å². The Kier molecular flexibility index (Phi) is 4.11. The standard InChI is InChI=1S/C26H34O7/c1-13-12-15-22(4,10-8-14-21(2,3)16-9-11-25(14,15)19(29)33-16)26(20(30)32-7)18(28)24(6,31)17(27)23(13,26)5/h12,14-16,31H,8-11H2,1-7H3/t14-,15-,16+,22+,23+,24-,25+,26-/m1/s1. The van der Waals surface area contributed by atoms with Gasteiger partial charge in [-0.1, -0.05) is 32.4 Å². The number of fused-ring (bicyclic) bond motifs is 5. The van der Waals surface area contributed by atoms with Crippen molar-refractivity contribution in [2.45, 2.75) is 78.9 Å². The first-order valence-electron chi connectivity index (χ1n) is 11.9. The van der Waals surface area contributed by atoms with Gasteiger partial charge in [0.15, 0.2) is 22.6 Å². The number of rotatable bonds is 1. The van der Waals surface area contributed by atoms with Crippen LogP contribution in [-0.4, -0.2) is 47.4 Å². The Morgan fingerprint density at radius 3 is 2.27 bits per heavy atom. The van der Waals surface area contributed by atoms with Crippen LogP contribution in [0.3, 0.4) is 0 Å². The lowest BCUT2D eigenvalue weighted by Gasteiger charge is -2.70. The predicted octanol–water partition coefficient (Wildman–Crippen LogP) is 2.78. The lowest BCUT2D eigenvalue weighted by molar-refractivity contribution is -0.262. The van der Waals surface area contributed by atoms with Crippen LogP contribution >= 0.6 is 0 Å². The number of ether oxygens (including phenoxy) is 2. The second kappa shape index (κ2) is 5.96. The zero-order valence-corrected chi connectivity index (χ0v) is 20.5. The molecular formula is C26H34O7. The second-order valence-electron chi connectivity index (χ2n) is 12.2. The molecule has 180 valence electrons. The normalized spacial score (nSPS) is 51.8. The highest BCUT2D eigenvalue weighted by molar-refractivity contribution is 6.30. The number of aliphatic hydroxyl groups is 1. The minimum absolute atomic E-state index is 0.0268. The van der Waals surface area contributed by atoms with Gasteiger partial charge in [0.2, 0.25) is 0 Å². The Balaban J connectivity index is 1.87. The number of hydrogen-bond acceptors (Lipinski definition) is 7. The van der Waals surface area contributed by atoms with E-state index in [0.29, 0.717) is 24.8 Å². The largest absolute Gasteiger partial charge is 0.468 e. The summed E-state index contributed by atoms with van der Waals surface area (Å²) in [6, 6.07) is 0. The van der Waals surface area contributed by atoms with Crippen LogP contribution < -0.4 is 0 Å². The van der Waals surface area contributed by atoms with Crippen molar-refractivity contribution >= 4 is 23.5 Å². The average Bonchev–Trinajstić information content (AvgIpc) is 2.87. The number of carbonyl (C=O) groups is 4. The lowest BCUT2D eigenvalue weighted by atomic mass is 9.33. The molecule has 0 amide bonds. The maximum absolute atomic E-state index is 14.1. The van der Waals surface area contributed by atoms with Crippen LogP contribution in [0.15, 0.2) is 11.6 Å². The summed E-state index contributed by atoms with van der Waals surface area (Å²) in [5.41, 5.74) is -7.55. The number of esters is 2. The Bertz CT molecular complexity index is 1050. The van der Waals surface area contributed by atoms with Crippen molar-refractivity contribution in [3.8, 4) is 0 Å². The van der Waals surface area contributed by atoms with Crippen molar-refractivity contribution in [3.63, 3.8) is 0 Å². The molecule has 0 radical (unpaired) electrons. The summed E-state index contributed by atoms with van der Waals surface area (Å²) < 4.78 is 11.2. The van der Waals surface area contributed by atoms with Gasteiger partial charge >= 0.3 is 11.9 Å². The molecular weight excluding hydrogens is 424 g/mol. The van der Waals surface area contributed by atoms with Gasteiger partial charge in [0, 0.05) is 11.3 Å². The van der Waals surface area contributed by atoms with Gasteiger partial charge in [0.1, 0.15) is 6.10 Å². The summed E-state index contributed by atoms with van der Waals surface area (Å²) in [5.74, 6) is -3.06. The topological polar surface area (TPSA) is 107 Å². The van der Waals surface area contributed by atoms with Crippen LogP contribution in [0.4, 0.5) is 0 Å². The van der Waals surface area contributed by atoms with Crippen molar-refractivity contribution in [2.75, 3.05) is 7.11 Å². The molecule has 1 spiro atoms. The number of ketones is 2. The smallest absolute Gasteiger partial charge is 0.321 e. The van der Waals surface area contributed by atoms with E-state index in [1.54, 1.807) is 13.8 Å². The summed E-state index contributed by atoms with van der Waals surface area (Å²) >= 11 is 0. The molecule has 6 rings (SSSR count). The Morgan fingerprint density at radius 2 is 1.70 bits per heavy atom. The monoisotopic (exact) mass is 458 g/mol. The molecule has 0 aromatic carbocycles. The van der Waals surface area contributed by atoms with Crippen LogP contribution in [0.1, 0.15) is 67.2 Å². The maximum Gasteiger partial charge on any atom is 0.321 e. The molecule has 0 aromatic heterocycles. The number of allylic oxidation sites excluding steroid dienone is 2. The first-order valence-corrected chi connectivity index (χ1v) is 11.9. The molecule has 2 heterocycles. The molecule has 6 aliphatic rings. The molecule has 1 N–H and O–H groups in total. The quantitative estimate of drug-likeness (QED) is 0.366. The molecule has 4 aliphatic carbocycles. The molecule has 0 unspecified atom stereocenters. The molecule has 2 aliphatic heterocycles. The molecule has 33 heavy (non-hydrogen) atoms. The third-order valence-corrected chi connectivity index (χ3v) is 11.0. The molecule has 7 nitrogen and oxygen atoms in total. The number of hydrogen-bond donors (Lipinski definition) is 1. The summed E-state index contributed by atoms with van der Waals surface area (Å²) in [5, 5.41) is 11.1. The molecule has 0 aromatic rings. The van der Waals surface area contributed by atoms with Crippen LogP contribution in [-0.2, 0) is 28.7 Å². The van der Waals surface area contributed by atoms with Gasteiger partial charge in [-0.25, -0.2) is 0 Å². The Hall–Kier alpha value is -2.02. The van der Waals surface area contributed by atoms with Gasteiger partial charge < -0.3 is 14.6 Å². The van der Waals surface area contributed by atoms with Crippen molar-refractivity contribution in [1.29, 1.82) is 0 Å². The lowest BCUT2D eigenvalue weighted by Crippen LogP contribution is -2.74. The first-order chi connectivity index (χ1) is 15.1. The highest BCUT2D eigenvalue weighted by atomic mass is 16.6. The molecule has 2 saturated heterocycles. The van der Waals surface area contributed by atoms with E-state index >= 15 is 0 Å². The van der Waals surface area contributed by atoms with Gasteiger partial charge in [0.05, 0.1) is 17.9 Å². The van der Waals surface area contributed by atoms with Crippen LogP contribution in [0.2, 0.25) is 0 Å². The zero-order valence-electron chi connectivity index (χ0n) is 20.5. The average molecular weight is 459 g/mol. The molecule has 3 saturated carbocycles. The SMILES string of the molecule is COC(=O)[C@@]12C(=O)[C@](C)(O)C(=O)[C@]1(C)C(C)=C[C@H]1[C@@]34CC[C@H](OC3=O)C(C)(C)[C@H]4CC[C@@]12C. The summed E-state index contributed by atoms with van der Waals surface area (Å²) in [7, 11) is 1.21. The fourth-order valence-corrected chi connectivity index (χ4v) is 9.31. The summed E-state index contributed by atoms with van der Waals surface area (Å²) in [6.45, 7) is 10.6. The van der Waals surface area contributed by atoms with Crippen molar-refractivity contribution in [3.05, 3.63) is 11.6 Å². The van der Waals surface area contributed by atoms with E-state index in [1.165, 1.54) is 14.0 Å². The van der Waals surface area contributed by atoms with Crippen LogP contribution in [0, 0.1) is 38.9 Å². The van der Waals surface area contributed by atoms with Crippen molar-refractivity contribution < 1.29 is 33.8 Å². The Labute approximate surface area is 194 Å². The minimum atomic E-state index is -2.32.